The van der Waals surface area contributed by atoms with Crippen molar-refractivity contribution < 1.29 is 14.6 Å². The molecule has 0 aromatic carbocycles. The minimum atomic E-state index is -0.463. The van der Waals surface area contributed by atoms with Crippen molar-refractivity contribution in [2.75, 3.05) is 13.1 Å². The number of nitrogens with zero attached hydrogens (tertiary/aromatic N) is 1. The Morgan fingerprint density at radius 1 is 1.65 bits per heavy atom. The van der Waals surface area contributed by atoms with E-state index >= 15 is 0 Å². The predicted octanol–water partition coefficient (Wildman–Crippen LogP) is 2.18. The molecule has 1 aliphatic rings. The van der Waals surface area contributed by atoms with Gasteiger partial charge in [-0.3, -0.25) is 0 Å². The van der Waals surface area contributed by atoms with E-state index in [9.17, 15) is 9.90 Å². The molecule has 0 bridgehead atoms. The van der Waals surface area contributed by atoms with Crippen molar-refractivity contribution in [3.05, 3.63) is 12.7 Å². The van der Waals surface area contributed by atoms with Crippen LogP contribution in [0.5, 0.6) is 0 Å². The van der Waals surface area contributed by atoms with E-state index in [0.717, 1.165) is 6.42 Å². The van der Waals surface area contributed by atoms with Crippen molar-refractivity contribution in [1.82, 2.24) is 4.90 Å². The van der Waals surface area contributed by atoms with E-state index in [-0.39, 0.29) is 12.0 Å². The predicted molar refractivity (Wildman–Crippen MR) is 66.7 cm³/mol. The van der Waals surface area contributed by atoms with Crippen LogP contribution in [0, 0.1) is 5.92 Å². The number of aliphatic hydroxyl groups excluding tert-OH is 1. The Labute approximate surface area is 103 Å². The van der Waals surface area contributed by atoms with Gasteiger partial charge in [-0.15, -0.1) is 6.58 Å². The van der Waals surface area contributed by atoms with Gasteiger partial charge in [0.05, 0.1) is 6.10 Å². The van der Waals surface area contributed by atoms with Gasteiger partial charge in [0.25, 0.3) is 0 Å². The number of rotatable bonds is 3. The fourth-order valence-electron chi connectivity index (χ4n) is 1.96. The number of hydrogen-bond donors (Lipinski definition) is 1. The van der Waals surface area contributed by atoms with Gasteiger partial charge in [-0.05, 0) is 33.6 Å². The van der Waals surface area contributed by atoms with Crippen LogP contribution in [0.3, 0.4) is 0 Å². The summed E-state index contributed by atoms with van der Waals surface area (Å²) in [6.07, 6.45) is 2.42. The lowest BCUT2D eigenvalue weighted by molar-refractivity contribution is 0.0269. The monoisotopic (exact) mass is 241 g/mol. The number of hydrogen-bond acceptors (Lipinski definition) is 3. The molecule has 0 radical (unpaired) electrons. The summed E-state index contributed by atoms with van der Waals surface area (Å²) in [5, 5.41) is 9.83. The van der Waals surface area contributed by atoms with E-state index in [1.807, 2.05) is 20.8 Å². The summed E-state index contributed by atoms with van der Waals surface area (Å²) < 4.78 is 5.29. The van der Waals surface area contributed by atoms with Gasteiger partial charge >= 0.3 is 6.09 Å². The molecule has 4 nitrogen and oxygen atoms in total. The Hall–Kier alpha value is -1.03. The maximum Gasteiger partial charge on any atom is 0.410 e. The summed E-state index contributed by atoms with van der Waals surface area (Å²) in [5.74, 6) is 0.139. The zero-order valence-corrected chi connectivity index (χ0v) is 11.0. The highest BCUT2D eigenvalue weighted by atomic mass is 16.6. The number of aliphatic hydroxyl groups is 1. The number of ether oxygens (including phenoxy) is 1. The Morgan fingerprint density at radius 3 is 2.82 bits per heavy atom. The van der Waals surface area contributed by atoms with Crippen LogP contribution in [0.15, 0.2) is 12.7 Å². The molecule has 1 fully saturated rings. The largest absolute Gasteiger partial charge is 0.444 e. The van der Waals surface area contributed by atoms with E-state index in [2.05, 4.69) is 6.58 Å². The second-order valence-electron chi connectivity index (χ2n) is 5.57. The lowest BCUT2D eigenvalue weighted by Crippen LogP contribution is -2.36. The number of carbonyl (C=O) groups is 1. The third kappa shape index (κ3) is 4.38. The van der Waals surface area contributed by atoms with Crippen LogP contribution in [0.4, 0.5) is 4.79 Å². The minimum absolute atomic E-state index is 0.139. The second kappa shape index (κ2) is 5.54. The smallest absolute Gasteiger partial charge is 0.410 e. The maximum absolute atomic E-state index is 11.8. The standard InChI is InChI=1S/C13H23NO3/c1-5-6-11(15)10-7-8-14(9-10)12(16)17-13(2,3)4/h5,10-11,15H,1,6-9H2,2-4H3/t10-,11?/m0/s1. The van der Waals surface area contributed by atoms with Crippen molar-refractivity contribution in [3.63, 3.8) is 0 Å². The Bertz CT molecular complexity index is 283. The van der Waals surface area contributed by atoms with Crippen molar-refractivity contribution in [3.8, 4) is 0 Å². The van der Waals surface area contributed by atoms with Crippen LogP contribution in [-0.4, -0.2) is 40.9 Å². The average Bonchev–Trinajstić information content (AvgIpc) is 2.63. The molecule has 0 saturated carbocycles. The van der Waals surface area contributed by atoms with Gasteiger partial charge in [-0.2, -0.15) is 0 Å². The van der Waals surface area contributed by atoms with Crippen LogP contribution < -0.4 is 0 Å². The molecule has 1 saturated heterocycles. The average molecular weight is 241 g/mol. The Morgan fingerprint density at radius 2 is 2.29 bits per heavy atom. The fraction of sp³-hybridized carbons (Fsp3) is 0.769. The van der Waals surface area contributed by atoms with Gasteiger partial charge in [0.2, 0.25) is 0 Å². The summed E-state index contributed by atoms with van der Waals surface area (Å²) in [4.78, 5) is 13.5. The van der Waals surface area contributed by atoms with Gasteiger partial charge in [-0.1, -0.05) is 6.08 Å². The third-order valence-corrected chi connectivity index (χ3v) is 2.83. The molecule has 4 heteroatoms. The Kier molecular flexibility index (Phi) is 4.57. The van der Waals surface area contributed by atoms with Gasteiger partial charge in [0.1, 0.15) is 5.60 Å². The number of carbonyl (C=O) groups excluding carboxylic acids is 1. The van der Waals surface area contributed by atoms with Crippen LogP contribution >= 0.6 is 0 Å². The molecular weight excluding hydrogens is 218 g/mol. The molecule has 0 aliphatic carbocycles. The van der Waals surface area contributed by atoms with Crippen LogP contribution in [0.1, 0.15) is 33.6 Å². The molecule has 98 valence electrons. The first-order chi connectivity index (χ1) is 7.83. The first-order valence-electron chi connectivity index (χ1n) is 6.10. The van der Waals surface area contributed by atoms with Crippen LogP contribution in [-0.2, 0) is 4.74 Å². The number of likely N-dealkylation sites (tertiary alicyclic amines) is 1. The molecule has 1 rings (SSSR count). The molecule has 1 amide bonds. The van der Waals surface area contributed by atoms with E-state index < -0.39 is 11.7 Å². The van der Waals surface area contributed by atoms with Crippen molar-refractivity contribution in [1.29, 1.82) is 0 Å². The lowest BCUT2D eigenvalue weighted by Gasteiger charge is -2.24. The zero-order valence-electron chi connectivity index (χ0n) is 11.0. The summed E-state index contributed by atoms with van der Waals surface area (Å²) in [6, 6.07) is 0. The van der Waals surface area contributed by atoms with Gasteiger partial charge in [-0.25, -0.2) is 4.79 Å². The van der Waals surface area contributed by atoms with Gasteiger partial charge < -0.3 is 14.7 Å². The van der Waals surface area contributed by atoms with E-state index in [1.54, 1.807) is 11.0 Å². The van der Waals surface area contributed by atoms with E-state index in [1.165, 1.54) is 0 Å². The fourth-order valence-corrected chi connectivity index (χ4v) is 1.96. The van der Waals surface area contributed by atoms with Gasteiger partial charge in [0.15, 0.2) is 0 Å². The van der Waals surface area contributed by atoms with Crippen molar-refractivity contribution in [2.24, 2.45) is 5.92 Å². The van der Waals surface area contributed by atoms with E-state index in [0.29, 0.717) is 19.5 Å². The van der Waals surface area contributed by atoms with Crippen LogP contribution in [0.25, 0.3) is 0 Å². The molecule has 0 spiro atoms. The Balaban J connectivity index is 2.44. The SMILES string of the molecule is C=CCC(O)[C@H]1CCN(C(=O)OC(C)(C)C)C1. The molecule has 1 aliphatic heterocycles. The maximum atomic E-state index is 11.8. The topological polar surface area (TPSA) is 49.8 Å². The molecule has 0 aromatic rings. The first-order valence-corrected chi connectivity index (χ1v) is 6.10. The summed E-state index contributed by atoms with van der Waals surface area (Å²) in [6.45, 7) is 10.4. The third-order valence-electron chi connectivity index (χ3n) is 2.83. The zero-order chi connectivity index (χ0) is 13.1. The highest BCUT2D eigenvalue weighted by Gasteiger charge is 2.32. The summed E-state index contributed by atoms with van der Waals surface area (Å²) in [5.41, 5.74) is -0.463. The second-order valence-corrected chi connectivity index (χ2v) is 5.57. The minimum Gasteiger partial charge on any atom is -0.444 e. The molecule has 0 aromatic heterocycles. The highest BCUT2D eigenvalue weighted by Crippen LogP contribution is 2.23. The highest BCUT2D eigenvalue weighted by molar-refractivity contribution is 5.68. The van der Waals surface area contributed by atoms with E-state index in [4.69, 9.17) is 4.74 Å². The molecule has 1 unspecified atom stereocenters. The molecule has 2 atom stereocenters. The lowest BCUT2D eigenvalue weighted by atomic mass is 9.99. The van der Waals surface area contributed by atoms with Crippen molar-refractivity contribution >= 4 is 6.09 Å². The first kappa shape index (κ1) is 14.0. The number of amides is 1. The molecular formula is C13H23NO3. The molecule has 1 heterocycles. The quantitative estimate of drug-likeness (QED) is 0.770. The normalized spacial score (nSPS) is 22.4. The summed E-state index contributed by atoms with van der Waals surface area (Å²) >= 11 is 0. The van der Waals surface area contributed by atoms with Gasteiger partial charge in [0, 0.05) is 19.0 Å². The van der Waals surface area contributed by atoms with Crippen LogP contribution in [0.2, 0.25) is 0 Å². The summed E-state index contributed by atoms with van der Waals surface area (Å²) in [7, 11) is 0. The molecule has 17 heavy (non-hydrogen) atoms. The van der Waals surface area contributed by atoms with Crippen molar-refractivity contribution in [2.45, 2.75) is 45.3 Å². The molecule has 1 N–H and O–H groups in total.